The highest BCUT2D eigenvalue weighted by molar-refractivity contribution is 5.71. The van der Waals surface area contributed by atoms with E-state index < -0.39 is 24.0 Å². The van der Waals surface area contributed by atoms with Crippen LogP contribution in [0.5, 0.6) is 0 Å². The topological polar surface area (TPSA) is 96.9 Å². The number of carbonyl (C=O) groups is 2. The molecular weight excluding hydrogens is 150 g/mol. The van der Waals surface area contributed by atoms with Crippen molar-refractivity contribution in [3.05, 3.63) is 0 Å². The van der Waals surface area contributed by atoms with Crippen LogP contribution in [0.25, 0.3) is 0 Å². The molecule has 0 rings (SSSR count). The molecule has 64 valence electrons. The summed E-state index contributed by atoms with van der Waals surface area (Å²) in [4.78, 5) is 20.2. The summed E-state index contributed by atoms with van der Waals surface area (Å²) in [5.41, 5.74) is 0. The van der Waals surface area contributed by atoms with Crippen molar-refractivity contribution in [3.63, 3.8) is 0 Å². The summed E-state index contributed by atoms with van der Waals surface area (Å²) in [6, 6.07) is -1.72. The summed E-state index contributed by atoms with van der Waals surface area (Å²) in [6.45, 7) is 2.71. The fourth-order valence-electron chi connectivity index (χ4n) is 0.590. The number of aliphatic carboxylic acids is 2. The van der Waals surface area contributed by atoms with E-state index in [0.29, 0.717) is 0 Å². The van der Waals surface area contributed by atoms with Crippen LogP contribution in [0.2, 0.25) is 0 Å². The van der Waals surface area contributed by atoms with Gasteiger partial charge in [-0.1, -0.05) is 0 Å². The van der Waals surface area contributed by atoms with Gasteiger partial charge in [-0.2, -0.15) is 0 Å². The molecular formula is C6H10NO4-. The molecule has 0 aromatic rings. The Hall–Kier alpha value is -1.10. The van der Waals surface area contributed by atoms with Crippen LogP contribution >= 0.6 is 0 Å². The molecule has 0 radical (unpaired) electrons. The average Bonchev–Trinajstić information content (AvgIpc) is 1.87. The van der Waals surface area contributed by atoms with Crippen molar-refractivity contribution in [1.82, 2.24) is 0 Å². The molecule has 0 aliphatic carbocycles. The van der Waals surface area contributed by atoms with Crippen LogP contribution in [0.1, 0.15) is 13.8 Å². The highest BCUT2D eigenvalue weighted by Crippen LogP contribution is 1.71. The minimum Gasteiger partial charge on any atom is -0.544 e. The first-order valence-electron chi connectivity index (χ1n) is 3.22. The van der Waals surface area contributed by atoms with Gasteiger partial charge in [0.1, 0.15) is 12.1 Å². The minimum atomic E-state index is -1.28. The van der Waals surface area contributed by atoms with E-state index in [1.54, 1.807) is 0 Å². The SMILES string of the molecule is CC([NH2+]C(C)C(=O)[O-])C(=O)[O-]. The smallest absolute Gasteiger partial charge is 0.124 e. The van der Waals surface area contributed by atoms with Gasteiger partial charge >= 0.3 is 0 Å². The molecule has 11 heavy (non-hydrogen) atoms. The third kappa shape index (κ3) is 3.57. The van der Waals surface area contributed by atoms with Crippen molar-refractivity contribution >= 4 is 11.9 Å². The van der Waals surface area contributed by atoms with Gasteiger partial charge in [0, 0.05) is 0 Å². The van der Waals surface area contributed by atoms with Gasteiger partial charge < -0.3 is 25.1 Å². The van der Waals surface area contributed by atoms with E-state index in [1.165, 1.54) is 13.8 Å². The largest absolute Gasteiger partial charge is 0.544 e. The zero-order chi connectivity index (χ0) is 9.02. The van der Waals surface area contributed by atoms with E-state index in [9.17, 15) is 19.8 Å². The Bertz CT molecular complexity index is 150. The zero-order valence-electron chi connectivity index (χ0n) is 6.37. The molecule has 0 saturated carbocycles. The molecule has 0 spiro atoms. The molecule has 2 atom stereocenters. The second kappa shape index (κ2) is 3.92. The Morgan fingerprint density at radius 3 is 1.55 bits per heavy atom. The van der Waals surface area contributed by atoms with E-state index in [-0.39, 0.29) is 0 Å². The van der Waals surface area contributed by atoms with E-state index in [0.717, 1.165) is 5.32 Å². The van der Waals surface area contributed by atoms with Crippen LogP contribution in [0, 0.1) is 0 Å². The van der Waals surface area contributed by atoms with E-state index in [2.05, 4.69) is 0 Å². The van der Waals surface area contributed by atoms with Gasteiger partial charge in [-0.25, -0.2) is 0 Å². The van der Waals surface area contributed by atoms with E-state index in [1.807, 2.05) is 0 Å². The first-order valence-corrected chi connectivity index (χ1v) is 3.22. The van der Waals surface area contributed by atoms with Gasteiger partial charge in [-0.3, -0.25) is 0 Å². The fraction of sp³-hybridized carbons (Fsp3) is 0.667. The maximum atomic E-state index is 10.1. The lowest BCUT2D eigenvalue weighted by molar-refractivity contribution is -0.703. The molecule has 2 unspecified atom stereocenters. The molecule has 5 nitrogen and oxygen atoms in total. The second-order valence-electron chi connectivity index (χ2n) is 2.41. The van der Waals surface area contributed by atoms with Crippen LogP contribution in [-0.2, 0) is 9.59 Å². The Labute approximate surface area is 64.0 Å². The monoisotopic (exact) mass is 160 g/mol. The highest BCUT2D eigenvalue weighted by Gasteiger charge is 2.11. The third-order valence-electron chi connectivity index (χ3n) is 1.32. The zero-order valence-corrected chi connectivity index (χ0v) is 6.37. The third-order valence-corrected chi connectivity index (χ3v) is 1.32. The van der Waals surface area contributed by atoms with Gasteiger partial charge in [-0.15, -0.1) is 0 Å². The summed E-state index contributed by atoms with van der Waals surface area (Å²) >= 11 is 0. The molecule has 2 N–H and O–H groups in total. The average molecular weight is 160 g/mol. The summed E-state index contributed by atoms with van der Waals surface area (Å²) in [6.07, 6.45) is 0. The Morgan fingerprint density at radius 1 is 1.09 bits per heavy atom. The Kier molecular flexibility index (Phi) is 3.53. The Balaban J connectivity index is 3.84. The normalized spacial score (nSPS) is 15.5. The summed E-state index contributed by atoms with van der Waals surface area (Å²) in [5, 5.41) is 21.4. The Morgan fingerprint density at radius 2 is 1.36 bits per heavy atom. The molecule has 0 heterocycles. The van der Waals surface area contributed by atoms with Crippen LogP contribution in [0.3, 0.4) is 0 Å². The molecule has 0 aliphatic heterocycles. The minimum absolute atomic E-state index is 0.858. The van der Waals surface area contributed by atoms with Crippen molar-refractivity contribution < 1.29 is 25.1 Å². The number of carbonyl (C=O) groups excluding carboxylic acids is 2. The number of quaternary nitrogens is 1. The van der Waals surface area contributed by atoms with Crippen molar-refractivity contribution in [2.45, 2.75) is 25.9 Å². The number of rotatable bonds is 4. The number of nitrogens with two attached hydrogens (primary N) is 1. The molecule has 0 aromatic heterocycles. The summed E-state index contributed by atoms with van der Waals surface area (Å²) < 4.78 is 0. The maximum Gasteiger partial charge on any atom is 0.124 e. The van der Waals surface area contributed by atoms with Gasteiger partial charge in [-0.05, 0) is 13.8 Å². The maximum absolute atomic E-state index is 10.1. The number of hydrogen-bond acceptors (Lipinski definition) is 4. The lowest BCUT2D eigenvalue weighted by Gasteiger charge is -2.17. The predicted molar refractivity (Wildman–Crippen MR) is 30.9 cm³/mol. The van der Waals surface area contributed by atoms with Gasteiger partial charge in [0.15, 0.2) is 0 Å². The van der Waals surface area contributed by atoms with Crippen LogP contribution in [0.15, 0.2) is 0 Å². The van der Waals surface area contributed by atoms with Crippen molar-refractivity contribution in [2.75, 3.05) is 0 Å². The number of hydrogen-bond donors (Lipinski definition) is 1. The predicted octanol–water partition coefficient (Wildman–Crippen LogP) is -4.17. The summed E-state index contributed by atoms with van der Waals surface area (Å²) in [7, 11) is 0. The number of carboxylic acids is 2. The van der Waals surface area contributed by atoms with Crippen LogP contribution in [0.4, 0.5) is 0 Å². The lowest BCUT2D eigenvalue weighted by atomic mass is 10.2. The quantitative estimate of drug-likeness (QED) is 0.451. The van der Waals surface area contributed by atoms with Crippen LogP contribution in [-0.4, -0.2) is 24.0 Å². The lowest BCUT2D eigenvalue weighted by Crippen LogP contribution is -2.98. The molecule has 0 amide bonds. The summed E-state index contributed by atoms with van der Waals surface area (Å²) in [5.74, 6) is -2.56. The first-order chi connectivity index (χ1) is 4.95. The molecule has 0 aliphatic rings. The molecule has 0 aromatic carbocycles. The molecule has 0 bridgehead atoms. The van der Waals surface area contributed by atoms with E-state index in [4.69, 9.17) is 0 Å². The standard InChI is InChI=1S/C6H11NO4/c1-3(5(8)9)7-4(2)6(10)11/h3-4,7H,1-2H3,(H,8,9)(H,10,11)/p-1. The number of carboxylic acid groups (broad SMARTS) is 2. The molecule has 0 fully saturated rings. The fourth-order valence-corrected chi connectivity index (χ4v) is 0.590. The van der Waals surface area contributed by atoms with Crippen molar-refractivity contribution in [3.8, 4) is 0 Å². The van der Waals surface area contributed by atoms with Gasteiger partial charge in [0.25, 0.3) is 0 Å². The molecule has 5 heteroatoms. The van der Waals surface area contributed by atoms with E-state index >= 15 is 0 Å². The molecule has 0 saturated heterocycles. The van der Waals surface area contributed by atoms with Gasteiger partial charge in [0.05, 0.1) is 11.9 Å². The van der Waals surface area contributed by atoms with Crippen molar-refractivity contribution in [1.29, 1.82) is 0 Å². The van der Waals surface area contributed by atoms with Gasteiger partial charge in [0.2, 0.25) is 0 Å². The second-order valence-corrected chi connectivity index (χ2v) is 2.41. The van der Waals surface area contributed by atoms with Crippen LogP contribution < -0.4 is 15.5 Å². The van der Waals surface area contributed by atoms with Crippen molar-refractivity contribution in [2.24, 2.45) is 0 Å². The highest BCUT2D eigenvalue weighted by atomic mass is 16.4. The first kappa shape index (κ1) is 9.90.